The van der Waals surface area contributed by atoms with E-state index in [1.807, 2.05) is 6.07 Å². The summed E-state index contributed by atoms with van der Waals surface area (Å²) < 4.78 is 0. The van der Waals surface area contributed by atoms with Crippen LogP contribution in [0.5, 0.6) is 0 Å². The zero-order valence-electron chi connectivity index (χ0n) is 13.0. The van der Waals surface area contributed by atoms with Crippen LogP contribution in [0.2, 0.25) is 0 Å². The molecule has 0 saturated heterocycles. The summed E-state index contributed by atoms with van der Waals surface area (Å²) in [5, 5.41) is 14.6. The molecule has 21 heavy (non-hydrogen) atoms. The molecule has 0 aromatic heterocycles. The molecule has 1 saturated carbocycles. The van der Waals surface area contributed by atoms with Crippen LogP contribution in [0.1, 0.15) is 64.0 Å². The summed E-state index contributed by atoms with van der Waals surface area (Å²) in [5.41, 5.74) is 1.20. The van der Waals surface area contributed by atoms with Gasteiger partial charge in [0, 0.05) is 24.2 Å². The Balaban J connectivity index is 2.04. The number of non-ortho nitro benzene ring substituents is 1. The molecule has 1 aliphatic carbocycles. The Morgan fingerprint density at radius 2 is 2.05 bits per heavy atom. The second kappa shape index (κ2) is 7.55. The van der Waals surface area contributed by atoms with Crippen molar-refractivity contribution in [3.05, 3.63) is 39.9 Å². The molecular weight excluding hydrogens is 264 g/mol. The molecule has 0 amide bonds. The molecule has 2 rings (SSSR count). The molecule has 0 spiro atoms. The van der Waals surface area contributed by atoms with E-state index in [-0.39, 0.29) is 16.7 Å². The van der Waals surface area contributed by atoms with Gasteiger partial charge >= 0.3 is 0 Å². The highest BCUT2D eigenvalue weighted by molar-refractivity contribution is 5.35. The minimum Gasteiger partial charge on any atom is -0.307 e. The van der Waals surface area contributed by atoms with E-state index in [0.717, 1.165) is 17.9 Å². The van der Waals surface area contributed by atoms with Crippen LogP contribution in [0.25, 0.3) is 0 Å². The first kappa shape index (κ1) is 16.0. The van der Waals surface area contributed by atoms with E-state index >= 15 is 0 Å². The first-order valence-electron chi connectivity index (χ1n) is 8.12. The van der Waals surface area contributed by atoms with E-state index in [4.69, 9.17) is 0 Å². The van der Waals surface area contributed by atoms with Gasteiger partial charge < -0.3 is 5.32 Å². The van der Waals surface area contributed by atoms with E-state index in [9.17, 15) is 10.1 Å². The van der Waals surface area contributed by atoms with Crippen molar-refractivity contribution in [2.45, 2.75) is 64.5 Å². The Labute approximate surface area is 127 Å². The van der Waals surface area contributed by atoms with Crippen molar-refractivity contribution < 1.29 is 4.92 Å². The molecular formula is C17H26N2O2. The number of hydrogen-bond donors (Lipinski definition) is 1. The second-order valence-corrected chi connectivity index (χ2v) is 6.17. The molecule has 0 bridgehead atoms. The zero-order valence-corrected chi connectivity index (χ0v) is 13.0. The molecule has 0 radical (unpaired) electrons. The Hall–Kier alpha value is -1.42. The predicted octanol–water partition coefficient (Wildman–Crippen LogP) is 4.60. The molecule has 4 heteroatoms. The van der Waals surface area contributed by atoms with Crippen molar-refractivity contribution in [1.29, 1.82) is 0 Å². The number of nitrogens with one attached hydrogen (secondary N) is 1. The van der Waals surface area contributed by atoms with Gasteiger partial charge in [-0.2, -0.15) is 0 Å². The van der Waals surface area contributed by atoms with E-state index in [2.05, 4.69) is 19.2 Å². The molecule has 1 fully saturated rings. The van der Waals surface area contributed by atoms with Crippen LogP contribution in [0, 0.1) is 16.0 Å². The number of rotatable bonds is 6. The number of hydrogen-bond acceptors (Lipinski definition) is 3. The minimum atomic E-state index is -0.319. The predicted molar refractivity (Wildman–Crippen MR) is 85.3 cm³/mol. The van der Waals surface area contributed by atoms with Crippen molar-refractivity contribution in [3.8, 4) is 0 Å². The van der Waals surface area contributed by atoms with Crippen LogP contribution in [0.3, 0.4) is 0 Å². The number of nitro benzene ring substituents is 1. The number of nitrogens with zero attached hydrogens (tertiary/aromatic N) is 1. The lowest BCUT2D eigenvalue weighted by molar-refractivity contribution is -0.384. The van der Waals surface area contributed by atoms with Crippen LogP contribution < -0.4 is 5.32 Å². The van der Waals surface area contributed by atoms with E-state index in [1.54, 1.807) is 18.2 Å². The number of benzene rings is 1. The van der Waals surface area contributed by atoms with E-state index < -0.39 is 0 Å². The maximum Gasteiger partial charge on any atom is 0.269 e. The quantitative estimate of drug-likeness (QED) is 0.615. The fraction of sp³-hybridized carbons (Fsp3) is 0.647. The fourth-order valence-corrected chi connectivity index (χ4v) is 3.39. The molecule has 0 aliphatic heterocycles. The van der Waals surface area contributed by atoms with Crippen LogP contribution in [0.15, 0.2) is 24.3 Å². The van der Waals surface area contributed by atoms with Gasteiger partial charge in [0.15, 0.2) is 0 Å². The first-order valence-corrected chi connectivity index (χ1v) is 8.12. The molecule has 1 aliphatic rings. The molecule has 116 valence electrons. The molecule has 0 heterocycles. The van der Waals surface area contributed by atoms with Gasteiger partial charge in [0.25, 0.3) is 5.69 Å². The largest absolute Gasteiger partial charge is 0.307 e. The summed E-state index contributed by atoms with van der Waals surface area (Å²) in [6, 6.07) is 7.69. The van der Waals surface area contributed by atoms with Gasteiger partial charge in [-0.25, -0.2) is 0 Å². The van der Waals surface area contributed by atoms with Crippen LogP contribution in [-0.2, 0) is 0 Å². The monoisotopic (exact) mass is 290 g/mol. The second-order valence-electron chi connectivity index (χ2n) is 6.17. The highest BCUT2D eigenvalue weighted by Gasteiger charge is 2.23. The smallest absolute Gasteiger partial charge is 0.269 e. The summed E-state index contributed by atoms with van der Waals surface area (Å²) in [6.07, 6.45) is 7.59. The van der Waals surface area contributed by atoms with Gasteiger partial charge in [0.1, 0.15) is 0 Å². The normalized spacial score (nSPS) is 19.1. The lowest BCUT2D eigenvalue weighted by Gasteiger charge is -2.31. The zero-order chi connectivity index (χ0) is 15.2. The fourth-order valence-electron chi connectivity index (χ4n) is 3.39. The Morgan fingerprint density at radius 1 is 1.33 bits per heavy atom. The van der Waals surface area contributed by atoms with E-state index in [1.165, 1.54) is 32.1 Å². The third kappa shape index (κ3) is 4.27. The van der Waals surface area contributed by atoms with Gasteiger partial charge in [-0.1, -0.05) is 38.3 Å². The molecule has 2 atom stereocenters. The highest BCUT2D eigenvalue weighted by atomic mass is 16.6. The lowest BCUT2D eigenvalue weighted by Crippen LogP contribution is -2.37. The minimum absolute atomic E-state index is 0.179. The summed E-state index contributed by atoms with van der Waals surface area (Å²) in [4.78, 5) is 10.6. The van der Waals surface area contributed by atoms with Crippen LogP contribution in [0.4, 0.5) is 5.69 Å². The third-order valence-corrected chi connectivity index (χ3v) is 4.71. The van der Waals surface area contributed by atoms with Crippen molar-refractivity contribution in [2.24, 2.45) is 5.92 Å². The van der Waals surface area contributed by atoms with Gasteiger partial charge in [-0.3, -0.25) is 10.1 Å². The highest BCUT2D eigenvalue weighted by Crippen LogP contribution is 2.29. The average molecular weight is 290 g/mol. The maximum atomic E-state index is 10.9. The van der Waals surface area contributed by atoms with Crippen molar-refractivity contribution in [3.63, 3.8) is 0 Å². The Kier molecular flexibility index (Phi) is 5.74. The van der Waals surface area contributed by atoms with Gasteiger partial charge in [0.2, 0.25) is 0 Å². The molecule has 1 aromatic carbocycles. The lowest BCUT2D eigenvalue weighted by atomic mass is 9.84. The topological polar surface area (TPSA) is 55.2 Å². The first-order chi connectivity index (χ1) is 10.1. The summed E-state index contributed by atoms with van der Waals surface area (Å²) in [6.45, 7) is 4.39. The van der Waals surface area contributed by atoms with Crippen molar-refractivity contribution in [2.75, 3.05) is 0 Å². The van der Waals surface area contributed by atoms with Gasteiger partial charge in [-0.15, -0.1) is 0 Å². The summed E-state index contributed by atoms with van der Waals surface area (Å²) in [7, 11) is 0. The van der Waals surface area contributed by atoms with Crippen LogP contribution >= 0.6 is 0 Å². The Bertz CT molecular complexity index is 470. The van der Waals surface area contributed by atoms with Crippen LogP contribution in [-0.4, -0.2) is 11.0 Å². The van der Waals surface area contributed by atoms with E-state index in [0.29, 0.717) is 6.04 Å². The van der Waals surface area contributed by atoms with Gasteiger partial charge in [-0.05, 0) is 37.7 Å². The standard InChI is InChI=1S/C17H26N2O2/c1-3-17(15-10-7-11-16(12-15)19(20)21)18-13(2)14-8-5-4-6-9-14/h7,10-14,17-18H,3-6,8-9H2,1-2H3/t13-,17?/m1/s1. The third-order valence-electron chi connectivity index (χ3n) is 4.71. The SMILES string of the molecule is CCC(N[C@H](C)C1CCCCC1)c1cccc([N+](=O)[O-])c1. The Morgan fingerprint density at radius 3 is 2.67 bits per heavy atom. The average Bonchev–Trinajstić information content (AvgIpc) is 2.53. The van der Waals surface area contributed by atoms with Gasteiger partial charge in [0.05, 0.1) is 4.92 Å². The summed E-state index contributed by atoms with van der Waals surface area (Å²) >= 11 is 0. The number of nitro groups is 1. The maximum absolute atomic E-state index is 10.9. The molecule has 1 aromatic rings. The summed E-state index contributed by atoms with van der Waals surface area (Å²) in [5.74, 6) is 0.742. The molecule has 4 nitrogen and oxygen atoms in total. The van der Waals surface area contributed by atoms with Crippen molar-refractivity contribution in [1.82, 2.24) is 5.32 Å². The van der Waals surface area contributed by atoms with Crippen molar-refractivity contribution >= 4 is 5.69 Å². The molecule has 1 unspecified atom stereocenters. The molecule has 1 N–H and O–H groups in total.